The number of pyridine rings is 1. The van der Waals surface area contributed by atoms with Crippen LogP contribution in [0.2, 0.25) is 0 Å². The van der Waals surface area contributed by atoms with Crippen LogP contribution in [-0.2, 0) is 12.8 Å². The smallest absolute Gasteiger partial charge is 0.188 e. The Morgan fingerprint density at radius 3 is 2.90 bits per heavy atom. The predicted octanol–water partition coefficient (Wildman–Crippen LogP) is 3.10. The van der Waals surface area contributed by atoms with Crippen LogP contribution in [0, 0.1) is 6.92 Å². The van der Waals surface area contributed by atoms with Crippen LogP contribution in [0.15, 0.2) is 12.3 Å². The maximum atomic E-state index is 5.84. The van der Waals surface area contributed by atoms with E-state index >= 15 is 0 Å². The van der Waals surface area contributed by atoms with Crippen molar-refractivity contribution in [3.63, 3.8) is 0 Å². The van der Waals surface area contributed by atoms with Gasteiger partial charge in [0, 0.05) is 16.8 Å². The van der Waals surface area contributed by atoms with E-state index in [0.29, 0.717) is 4.99 Å². The fraction of sp³-hybridized carbons (Fsp3) is 0.357. The minimum absolute atomic E-state index is 0.377. The lowest BCUT2D eigenvalue weighted by molar-refractivity contribution is 0.668. The van der Waals surface area contributed by atoms with Crippen molar-refractivity contribution < 1.29 is 0 Å². The Bertz CT molecular complexity index is 663. The summed E-state index contributed by atoms with van der Waals surface area (Å²) >= 11 is 6.75. The molecule has 3 N–H and O–H groups in total. The van der Waals surface area contributed by atoms with Gasteiger partial charge in [0.1, 0.15) is 10.8 Å². The Labute approximate surface area is 127 Å². The van der Waals surface area contributed by atoms with Gasteiger partial charge in [-0.2, -0.15) is 0 Å². The number of thiocarbonyl (C=S) groups is 1. The third-order valence-electron chi connectivity index (χ3n) is 3.41. The molecule has 0 unspecified atom stereocenters. The van der Waals surface area contributed by atoms with Crippen molar-refractivity contribution in [3.05, 3.63) is 34.0 Å². The van der Waals surface area contributed by atoms with E-state index in [1.165, 1.54) is 18.4 Å². The maximum absolute atomic E-state index is 5.84. The highest BCUT2D eigenvalue weighted by molar-refractivity contribution is 7.80. The Hall–Kier alpha value is -1.53. The fourth-order valence-corrected chi connectivity index (χ4v) is 3.25. The predicted molar refractivity (Wildman–Crippen MR) is 86.9 cm³/mol. The largest absolute Gasteiger partial charge is 0.389 e. The van der Waals surface area contributed by atoms with Crippen molar-refractivity contribution in [1.82, 2.24) is 9.97 Å². The minimum Gasteiger partial charge on any atom is -0.389 e. The molecule has 0 spiro atoms. The lowest BCUT2D eigenvalue weighted by atomic mass is 9.95. The highest BCUT2D eigenvalue weighted by Gasteiger charge is 2.17. The normalized spacial score (nSPS) is 13.8. The third kappa shape index (κ3) is 2.66. The second kappa shape index (κ2) is 5.46. The highest BCUT2D eigenvalue weighted by atomic mass is 32.1. The summed E-state index contributed by atoms with van der Waals surface area (Å²) in [5.41, 5.74) is 9.09. The number of hydrogen-bond donors (Lipinski definition) is 2. The first-order valence-electron chi connectivity index (χ1n) is 6.65. The van der Waals surface area contributed by atoms with E-state index in [1.54, 1.807) is 11.3 Å². The van der Waals surface area contributed by atoms with E-state index in [-0.39, 0.29) is 0 Å². The first-order valence-corrected chi connectivity index (χ1v) is 7.88. The fourth-order valence-electron chi connectivity index (χ4n) is 2.43. The number of anilines is 2. The van der Waals surface area contributed by atoms with Crippen LogP contribution in [0.4, 0.5) is 10.9 Å². The van der Waals surface area contributed by atoms with E-state index in [4.69, 9.17) is 22.9 Å². The standard InChI is InChI=1S/C14H16N4S2/c1-8-7-16-14(20-8)18-13-10(12(15)19)6-9-4-2-3-5-11(9)17-13/h6-7H,2-5H2,1H3,(H2,15,19)(H,16,17,18). The molecular formula is C14H16N4S2. The number of hydrogen-bond acceptors (Lipinski definition) is 5. The van der Waals surface area contributed by atoms with Crippen LogP contribution in [-0.4, -0.2) is 15.0 Å². The van der Waals surface area contributed by atoms with Gasteiger partial charge in [-0.25, -0.2) is 9.97 Å². The van der Waals surface area contributed by atoms with Gasteiger partial charge in [0.25, 0.3) is 0 Å². The number of nitrogens with two attached hydrogens (primary N) is 1. The zero-order valence-corrected chi connectivity index (χ0v) is 12.9. The maximum Gasteiger partial charge on any atom is 0.188 e. The van der Waals surface area contributed by atoms with Gasteiger partial charge in [-0.3, -0.25) is 0 Å². The Morgan fingerprint density at radius 1 is 1.40 bits per heavy atom. The minimum atomic E-state index is 0.377. The summed E-state index contributed by atoms with van der Waals surface area (Å²) in [6.07, 6.45) is 6.34. The number of rotatable bonds is 3. The Balaban J connectivity index is 2.01. The molecule has 0 bridgehead atoms. The zero-order valence-electron chi connectivity index (χ0n) is 11.3. The molecule has 1 aliphatic rings. The molecule has 104 valence electrons. The quantitative estimate of drug-likeness (QED) is 0.853. The van der Waals surface area contributed by atoms with Crippen molar-refractivity contribution in [2.24, 2.45) is 5.73 Å². The summed E-state index contributed by atoms with van der Waals surface area (Å²) in [4.78, 5) is 10.6. The van der Waals surface area contributed by atoms with Crippen molar-refractivity contribution in [3.8, 4) is 0 Å². The van der Waals surface area contributed by atoms with Gasteiger partial charge < -0.3 is 11.1 Å². The summed E-state index contributed by atoms with van der Waals surface area (Å²) in [6.45, 7) is 2.03. The van der Waals surface area contributed by atoms with E-state index in [0.717, 1.165) is 39.9 Å². The topological polar surface area (TPSA) is 63.8 Å². The van der Waals surface area contributed by atoms with Crippen molar-refractivity contribution >= 4 is 39.5 Å². The molecule has 20 heavy (non-hydrogen) atoms. The number of nitrogens with one attached hydrogen (secondary N) is 1. The third-order valence-corrected chi connectivity index (χ3v) is 4.46. The van der Waals surface area contributed by atoms with Crippen molar-refractivity contribution in [2.75, 3.05) is 5.32 Å². The second-order valence-electron chi connectivity index (χ2n) is 4.96. The summed E-state index contributed by atoms with van der Waals surface area (Å²) in [5, 5.41) is 4.08. The van der Waals surface area contributed by atoms with Gasteiger partial charge in [0.2, 0.25) is 0 Å². The molecule has 2 aromatic rings. The summed E-state index contributed by atoms with van der Waals surface area (Å²) < 4.78 is 0. The molecule has 6 heteroatoms. The molecule has 1 aliphatic carbocycles. The Morgan fingerprint density at radius 2 is 2.20 bits per heavy atom. The van der Waals surface area contributed by atoms with Crippen molar-refractivity contribution in [2.45, 2.75) is 32.6 Å². The highest BCUT2D eigenvalue weighted by Crippen LogP contribution is 2.28. The van der Waals surface area contributed by atoms with E-state index in [1.807, 2.05) is 13.1 Å². The zero-order chi connectivity index (χ0) is 14.1. The monoisotopic (exact) mass is 304 g/mol. The van der Waals surface area contributed by atoms with Gasteiger partial charge in [0.15, 0.2) is 5.13 Å². The van der Waals surface area contributed by atoms with Crippen LogP contribution in [0.1, 0.15) is 34.5 Å². The van der Waals surface area contributed by atoms with Gasteiger partial charge in [-0.15, -0.1) is 11.3 Å². The number of aromatic nitrogens is 2. The average Bonchev–Trinajstić information content (AvgIpc) is 2.83. The van der Waals surface area contributed by atoms with E-state index in [9.17, 15) is 0 Å². The van der Waals surface area contributed by atoms with Gasteiger partial charge in [-0.1, -0.05) is 12.2 Å². The van der Waals surface area contributed by atoms with Gasteiger partial charge >= 0.3 is 0 Å². The van der Waals surface area contributed by atoms with Crippen LogP contribution in [0.25, 0.3) is 0 Å². The van der Waals surface area contributed by atoms with Crippen LogP contribution in [0.5, 0.6) is 0 Å². The molecule has 3 rings (SSSR count). The first-order chi connectivity index (χ1) is 9.63. The lowest BCUT2D eigenvalue weighted by Crippen LogP contribution is -2.16. The van der Waals surface area contributed by atoms with Crippen LogP contribution >= 0.6 is 23.6 Å². The number of nitrogens with zero attached hydrogens (tertiary/aromatic N) is 2. The van der Waals surface area contributed by atoms with Gasteiger partial charge in [-0.05, 0) is 44.2 Å². The van der Waals surface area contributed by atoms with E-state index in [2.05, 4.69) is 16.4 Å². The molecule has 2 heterocycles. The molecule has 0 atom stereocenters. The first kappa shape index (κ1) is 13.5. The second-order valence-corrected chi connectivity index (χ2v) is 6.64. The molecule has 4 nitrogen and oxygen atoms in total. The number of thiazole rings is 1. The number of fused-ring (bicyclic) bond motifs is 1. The molecule has 2 aromatic heterocycles. The molecule has 0 fully saturated rings. The van der Waals surface area contributed by atoms with Crippen molar-refractivity contribution in [1.29, 1.82) is 0 Å². The van der Waals surface area contributed by atoms with E-state index < -0.39 is 0 Å². The summed E-state index contributed by atoms with van der Waals surface area (Å²) in [5.74, 6) is 0.729. The molecule has 0 aromatic carbocycles. The molecule has 0 radical (unpaired) electrons. The molecule has 0 aliphatic heterocycles. The average molecular weight is 304 g/mol. The van der Waals surface area contributed by atoms with Crippen LogP contribution in [0.3, 0.4) is 0 Å². The Kier molecular flexibility index (Phi) is 3.67. The summed E-state index contributed by atoms with van der Waals surface area (Å²) in [6, 6.07) is 2.09. The van der Waals surface area contributed by atoms with Crippen LogP contribution < -0.4 is 11.1 Å². The SMILES string of the molecule is Cc1cnc(Nc2nc3c(cc2C(N)=S)CCCC3)s1. The van der Waals surface area contributed by atoms with Gasteiger partial charge in [0.05, 0.1) is 5.56 Å². The number of aryl methyl sites for hydroxylation is 3. The summed E-state index contributed by atoms with van der Waals surface area (Å²) in [7, 11) is 0. The molecule has 0 amide bonds. The molecule has 0 saturated carbocycles. The molecule has 0 saturated heterocycles. The molecular weight excluding hydrogens is 288 g/mol. The lowest BCUT2D eigenvalue weighted by Gasteiger charge is -2.18.